The van der Waals surface area contributed by atoms with E-state index >= 15 is 0 Å². The first kappa shape index (κ1) is 13.6. The summed E-state index contributed by atoms with van der Waals surface area (Å²) in [5.41, 5.74) is 4.09. The number of hydrogen-bond acceptors (Lipinski definition) is 3. The SMILES string of the molecule is NNC(c1cccc(F)c1F)c1cccc2cccnc12. The standard InChI is InChI=1S/C16H13F2N3/c17-13-8-2-6-11(14(13)18)16(21-19)12-7-1-4-10-5-3-9-20-15(10)12/h1-9,16,21H,19H2. The Morgan fingerprint density at radius 2 is 1.67 bits per heavy atom. The summed E-state index contributed by atoms with van der Waals surface area (Å²) in [5.74, 6) is 3.77. The first-order chi connectivity index (χ1) is 10.2. The molecule has 106 valence electrons. The Kier molecular flexibility index (Phi) is 3.60. The number of hydrazine groups is 1. The summed E-state index contributed by atoms with van der Waals surface area (Å²) in [4.78, 5) is 4.32. The van der Waals surface area contributed by atoms with Gasteiger partial charge in [-0.1, -0.05) is 36.4 Å². The molecule has 1 aromatic heterocycles. The molecule has 0 fully saturated rings. The molecule has 3 nitrogen and oxygen atoms in total. The molecule has 0 radical (unpaired) electrons. The molecular formula is C16H13F2N3. The van der Waals surface area contributed by atoms with Gasteiger partial charge in [-0.2, -0.15) is 0 Å². The van der Waals surface area contributed by atoms with Crippen molar-refractivity contribution in [1.82, 2.24) is 10.4 Å². The third-order valence-corrected chi connectivity index (χ3v) is 3.43. The minimum Gasteiger partial charge on any atom is -0.271 e. The van der Waals surface area contributed by atoms with Crippen LogP contribution in [0.2, 0.25) is 0 Å². The second-order valence-electron chi connectivity index (χ2n) is 4.67. The van der Waals surface area contributed by atoms with Crippen molar-refractivity contribution < 1.29 is 8.78 Å². The lowest BCUT2D eigenvalue weighted by Crippen LogP contribution is -2.30. The highest BCUT2D eigenvalue weighted by Crippen LogP contribution is 2.29. The van der Waals surface area contributed by atoms with E-state index < -0.39 is 17.7 Å². The number of nitrogens with two attached hydrogens (primary N) is 1. The lowest BCUT2D eigenvalue weighted by atomic mass is 9.96. The number of fused-ring (bicyclic) bond motifs is 1. The zero-order chi connectivity index (χ0) is 14.8. The number of benzene rings is 2. The van der Waals surface area contributed by atoms with E-state index in [0.717, 1.165) is 11.5 Å². The molecule has 1 unspecified atom stereocenters. The van der Waals surface area contributed by atoms with Crippen LogP contribution in [-0.4, -0.2) is 4.98 Å². The van der Waals surface area contributed by atoms with E-state index in [0.29, 0.717) is 11.1 Å². The molecule has 3 N–H and O–H groups in total. The van der Waals surface area contributed by atoms with E-state index in [1.807, 2.05) is 24.3 Å². The summed E-state index contributed by atoms with van der Waals surface area (Å²) in [6.45, 7) is 0. The molecule has 5 heteroatoms. The number of nitrogens with one attached hydrogen (secondary N) is 1. The van der Waals surface area contributed by atoms with Crippen LogP contribution in [-0.2, 0) is 0 Å². The van der Waals surface area contributed by atoms with Crippen molar-refractivity contribution in [3.63, 3.8) is 0 Å². The first-order valence-corrected chi connectivity index (χ1v) is 6.46. The summed E-state index contributed by atoms with van der Waals surface area (Å²) in [7, 11) is 0. The van der Waals surface area contributed by atoms with Crippen LogP contribution in [0.15, 0.2) is 54.7 Å². The van der Waals surface area contributed by atoms with Crippen molar-refractivity contribution in [3.8, 4) is 0 Å². The van der Waals surface area contributed by atoms with E-state index in [9.17, 15) is 8.78 Å². The minimum atomic E-state index is -0.909. The van der Waals surface area contributed by atoms with Gasteiger partial charge in [0.2, 0.25) is 0 Å². The summed E-state index contributed by atoms with van der Waals surface area (Å²) in [5, 5.41) is 0.909. The Balaban J connectivity index is 2.21. The number of pyridine rings is 1. The smallest absolute Gasteiger partial charge is 0.163 e. The Hall–Kier alpha value is -2.37. The van der Waals surface area contributed by atoms with E-state index in [4.69, 9.17) is 5.84 Å². The Labute approximate surface area is 120 Å². The van der Waals surface area contributed by atoms with Crippen molar-refractivity contribution in [2.45, 2.75) is 6.04 Å². The fourth-order valence-electron chi connectivity index (χ4n) is 2.45. The molecule has 1 heterocycles. The molecular weight excluding hydrogens is 272 g/mol. The summed E-state index contributed by atoms with van der Waals surface area (Å²) in [6, 6.07) is 12.6. The first-order valence-electron chi connectivity index (χ1n) is 6.46. The quantitative estimate of drug-likeness (QED) is 0.574. The average Bonchev–Trinajstić information content (AvgIpc) is 2.52. The van der Waals surface area contributed by atoms with Gasteiger partial charge in [-0.3, -0.25) is 10.8 Å². The maximum atomic E-state index is 14.0. The largest absolute Gasteiger partial charge is 0.271 e. The average molecular weight is 285 g/mol. The van der Waals surface area contributed by atoms with Crippen LogP contribution < -0.4 is 11.3 Å². The predicted octanol–water partition coefficient (Wildman–Crippen LogP) is 3.07. The summed E-state index contributed by atoms with van der Waals surface area (Å²) >= 11 is 0. The Bertz CT molecular complexity index is 784. The highest BCUT2D eigenvalue weighted by molar-refractivity contribution is 5.82. The molecule has 0 amide bonds. The lowest BCUT2D eigenvalue weighted by Gasteiger charge is -2.19. The van der Waals surface area contributed by atoms with Crippen molar-refractivity contribution in [3.05, 3.63) is 77.5 Å². The van der Waals surface area contributed by atoms with Gasteiger partial charge in [0.25, 0.3) is 0 Å². The monoisotopic (exact) mass is 285 g/mol. The summed E-state index contributed by atoms with van der Waals surface area (Å²) < 4.78 is 27.5. The summed E-state index contributed by atoms with van der Waals surface area (Å²) in [6.07, 6.45) is 1.65. The predicted molar refractivity (Wildman–Crippen MR) is 77.3 cm³/mol. The zero-order valence-electron chi connectivity index (χ0n) is 11.1. The molecule has 2 aromatic carbocycles. The zero-order valence-corrected chi connectivity index (χ0v) is 11.1. The minimum absolute atomic E-state index is 0.149. The fraction of sp³-hybridized carbons (Fsp3) is 0.0625. The van der Waals surface area contributed by atoms with Gasteiger partial charge in [0.15, 0.2) is 11.6 Å². The van der Waals surface area contributed by atoms with Crippen LogP contribution in [0.3, 0.4) is 0 Å². The van der Waals surface area contributed by atoms with E-state index in [1.54, 1.807) is 12.3 Å². The van der Waals surface area contributed by atoms with Crippen LogP contribution in [0.1, 0.15) is 17.2 Å². The highest BCUT2D eigenvalue weighted by Gasteiger charge is 2.21. The van der Waals surface area contributed by atoms with Crippen LogP contribution in [0, 0.1) is 11.6 Å². The van der Waals surface area contributed by atoms with Crippen molar-refractivity contribution >= 4 is 10.9 Å². The van der Waals surface area contributed by atoms with Gasteiger partial charge in [-0.25, -0.2) is 14.2 Å². The highest BCUT2D eigenvalue weighted by atomic mass is 19.2. The fourth-order valence-corrected chi connectivity index (χ4v) is 2.45. The van der Waals surface area contributed by atoms with Gasteiger partial charge in [0.05, 0.1) is 11.6 Å². The van der Waals surface area contributed by atoms with Crippen LogP contribution >= 0.6 is 0 Å². The molecule has 0 spiro atoms. The number of aromatic nitrogens is 1. The van der Waals surface area contributed by atoms with Crippen LogP contribution in [0.4, 0.5) is 8.78 Å². The van der Waals surface area contributed by atoms with Crippen LogP contribution in [0.25, 0.3) is 10.9 Å². The molecule has 1 atom stereocenters. The van der Waals surface area contributed by atoms with Gasteiger partial charge < -0.3 is 0 Å². The number of hydrogen-bond donors (Lipinski definition) is 2. The molecule has 3 rings (SSSR count). The molecule has 21 heavy (non-hydrogen) atoms. The lowest BCUT2D eigenvalue weighted by molar-refractivity contribution is 0.483. The molecule has 0 saturated carbocycles. The number of rotatable bonds is 3. The molecule has 0 aliphatic heterocycles. The normalized spacial score (nSPS) is 12.5. The Morgan fingerprint density at radius 1 is 0.952 bits per heavy atom. The van der Waals surface area contributed by atoms with E-state index in [2.05, 4.69) is 10.4 Å². The van der Waals surface area contributed by atoms with Gasteiger partial charge in [-0.15, -0.1) is 0 Å². The maximum Gasteiger partial charge on any atom is 0.163 e. The third kappa shape index (κ3) is 2.37. The van der Waals surface area contributed by atoms with E-state index in [-0.39, 0.29) is 5.56 Å². The van der Waals surface area contributed by atoms with Crippen molar-refractivity contribution in [2.75, 3.05) is 0 Å². The van der Waals surface area contributed by atoms with Gasteiger partial charge >= 0.3 is 0 Å². The second kappa shape index (κ2) is 5.55. The van der Waals surface area contributed by atoms with Crippen molar-refractivity contribution in [2.24, 2.45) is 5.84 Å². The molecule has 0 aliphatic carbocycles. The molecule has 0 aliphatic rings. The molecule has 0 bridgehead atoms. The molecule has 0 saturated heterocycles. The maximum absolute atomic E-state index is 14.0. The van der Waals surface area contributed by atoms with Crippen LogP contribution in [0.5, 0.6) is 0 Å². The molecule has 3 aromatic rings. The number of para-hydroxylation sites is 1. The topological polar surface area (TPSA) is 50.9 Å². The van der Waals surface area contributed by atoms with E-state index in [1.165, 1.54) is 12.1 Å². The van der Waals surface area contributed by atoms with Gasteiger partial charge in [0, 0.05) is 22.7 Å². The van der Waals surface area contributed by atoms with Gasteiger partial charge in [0.1, 0.15) is 0 Å². The number of halogens is 2. The van der Waals surface area contributed by atoms with Gasteiger partial charge in [-0.05, 0) is 12.1 Å². The number of nitrogens with zero attached hydrogens (tertiary/aromatic N) is 1. The van der Waals surface area contributed by atoms with Crippen molar-refractivity contribution in [1.29, 1.82) is 0 Å². The third-order valence-electron chi connectivity index (χ3n) is 3.43. The Morgan fingerprint density at radius 3 is 2.48 bits per heavy atom. The second-order valence-corrected chi connectivity index (χ2v) is 4.67.